The highest BCUT2D eigenvalue weighted by Crippen LogP contribution is 2.13. The predicted octanol–water partition coefficient (Wildman–Crippen LogP) is 2.52. The highest BCUT2D eigenvalue weighted by molar-refractivity contribution is 5.98. The van der Waals surface area contributed by atoms with E-state index in [1.807, 2.05) is 38.1 Å². The molecule has 3 nitrogen and oxygen atoms in total. The van der Waals surface area contributed by atoms with Crippen LogP contribution < -0.4 is 0 Å². The summed E-state index contributed by atoms with van der Waals surface area (Å²) in [5, 5.41) is 7.69. The predicted molar refractivity (Wildman–Crippen MR) is 66.0 cm³/mol. The van der Waals surface area contributed by atoms with E-state index in [0.717, 1.165) is 16.7 Å². The van der Waals surface area contributed by atoms with Crippen LogP contribution in [0.5, 0.6) is 0 Å². The first kappa shape index (κ1) is 11.5. The van der Waals surface area contributed by atoms with E-state index in [4.69, 9.17) is 0 Å². The second kappa shape index (κ2) is 4.87. The van der Waals surface area contributed by atoms with Crippen LogP contribution in [0.4, 0.5) is 0 Å². The second-order valence-electron chi connectivity index (χ2n) is 4.13. The molecule has 0 atom stereocenters. The SMILES string of the molecule is Cc1ccc(C)c(C(=O)Cc2cccnn2)c1. The molecule has 2 rings (SSSR count). The minimum absolute atomic E-state index is 0.0895. The van der Waals surface area contributed by atoms with E-state index in [0.29, 0.717) is 12.1 Å². The van der Waals surface area contributed by atoms with Crippen molar-refractivity contribution in [3.63, 3.8) is 0 Å². The number of carbonyl (C=O) groups is 1. The lowest BCUT2D eigenvalue weighted by molar-refractivity contribution is 0.0991. The summed E-state index contributed by atoms with van der Waals surface area (Å²) in [6.45, 7) is 3.93. The zero-order chi connectivity index (χ0) is 12.3. The number of Topliss-reactive ketones (excluding diaryl/α,β-unsaturated/α-hetero) is 1. The molecule has 0 amide bonds. The van der Waals surface area contributed by atoms with Gasteiger partial charge in [0.2, 0.25) is 0 Å². The molecule has 86 valence electrons. The minimum Gasteiger partial charge on any atom is -0.294 e. The number of hydrogen-bond donors (Lipinski definition) is 0. The fourth-order valence-corrected chi connectivity index (χ4v) is 1.72. The van der Waals surface area contributed by atoms with E-state index in [2.05, 4.69) is 10.2 Å². The van der Waals surface area contributed by atoms with Crippen LogP contribution in [0.1, 0.15) is 27.2 Å². The van der Waals surface area contributed by atoms with Crippen molar-refractivity contribution in [2.45, 2.75) is 20.3 Å². The molecule has 0 saturated heterocycles. The summed E-state index contributed by atoms with van der Waals surface area (Å²) in [4.78, 5) is 12.1. The summed E-state index contributed by atoms with van der Waals surface area (Å²) in [6.07, 6.45) is 1.91. The first-order valence-corrected chi connectivity index (χ1v) is 5.54. The lowest BCUT2D eigenvalue weighted by Gasteiger charge is -2.05. The normalized spacial score (nSPS) is 10.2. The molecule has 1 aromatic carbocycles. The van der Waals surface area contributed by atoms with Crippen LogP contribution in [0.3, 0.4) is 0 Å². The quantitative estimate of drug-likeness (QED) is 0.755. The lowest BCUT2D eigenvalue weighted by atomic mass is 9.99. The van der Waals surface area contributed by atoms with Crippen molar-refractivity contribution in [2.75, 3.05) is 0 Å². The summed E-state index contributed by atoms with van der Waals surface area (Å²) >= 11 is 0. The molecule has 0 spiro atoms. The monoisotopic (exact) mass is 226 g/mol. The summed E-state index contributed by atoms with van der Waals surface area (Å²) in [5.74, 6) is 0.0895. The third-order valence-corrected chi connectivity index (χ3v) is 2.66. The molecular formula is C14H14N2O. The third kappa shape index (κ3) is 2.75. The van der Waals surface area contributed by atoms with E-state index < -0.39 is 0 Å². The van der Waals surface area contributed by atoms with Gasteiger partial charge in [-0.05, 0) is 37.6 Å². The van der Waals surface area contributed by atoms with Gasteiger partial charge in [0, 0.05) is 11.8 Å². The largest absolute Gasteiger partial charge is 0.294 e. The van der Waals surface area contributed by atoms with Crippen LogP contribution in [0, 0.1) is 13.8 Å². The van der Waals surface area contributed by atoms with Gasteiger partial charge in [0.15, 0.2) is 5.78 Å². The van der Waals surface area contributed by atoms with Crippen molar-refractivity contribution in [1.29, 1.82) is 0 Å². The van der Waals surface area contributed by atoms with Crippen LogP contribution in [-0.4, -0.2) is 16.0 Å². The molecule has 0 bridgehead atoms. The number of benzene rings is 1. The molecule has 0 aliphatic rings. The Kier molecular flexibility index (Phi) is 3.28. The van der Waals surface area contributed by atoms with E-state index >= 15 is 0 Å². The van der Waals surface area contributed by atoms with Crippen molar-refractivity contribution in [3.8, 4) is 0 Å². The van der Waals surface area contributed by atoms with Gasteiger partial charge < -0.3 is 0 Å². The fourth-order valence-electron chi connectivity index (χ4n) is 1.72. The van der Waals surface area contributed by atoms with Gasteiger partial charge in [0.05, 0.1) is 12.1 Å². The number of ketones is 1. The number of aryl methyl sites for hydroxylation is 2. The first-order chi connectivity index (χ1) is 8.16. The average Bonchev–Trinajstić information content (AvgIpc) is 2.33. The molecule has 0 aliphatic heterocycles. The highest BCUT2D eigenvalue weighted by atomic mass is 16.1. The van der Waals surface area contributed by atoms with Crippen molar-refractivity contribution in [1.82, 2.24) is 10.2 Å². The molecule has 1 heterocycles. The molecule has 3 heteroatoms. The van der Waals surface area contributed by atoms with Crippen LogP contribution in [0.15, 0.2) is 36.5 Å². The Labute approximate surface area is 101 Å². The second-order valence-corrected chi connectivity index (χ2v) is 4.13. The molecule has 0 radical (unpaired) electrons. The molecule has 0 aliphatic carbocycles. The molecular weight excluding hydrogens is 212 g/mol. The van der Waals surface area contributed by atoms with Crippen molar-refractivity contribution in [2.24, 2.45) is 0 Å². The van der Waals surface area contributed by atoms with Crippen molar-refractivity contribution < 1.29 is 4.79 Å². The van der Waals surface area contributed by atoms with Gasteiger partial charge in [-0.1, -0.05) is 17.7 Å². The number of nitrogens with zero attached hydrogens (tertiary/aromatic N) is 2. The topological polar surface area (TPSA) is 42.9 Å². The van der Waals surface area contributed by atoms with Gasteiger partial charge in [-0.25, -0.2) is 0 Å². The Morgan fingerprint density at radius 2 is 2.06 bits per heavy atom. The summed E-state index contributed by atoms with van der Waals surface area (Å²) in [6, 6.07) is 9.51. The Morgan fingerprint density at radius 1 is 1.24 bits per heavy atom. The average molecular weight is 226 g/mol. The van der Waals surface area contributed by atoms with Gasteiger partial charge in [0.1, 0.15) is 0 Å². The maximum absolute atomic E-state index is 12.1. The minimum atomic E-state index is 0.0895. The van der Waals surface area contributed by atoms with Crippen LogP contribution in [0.25, 0.3) is 0 Å². The summed E-state index contributed by atoms with van der Waals surface area (Å²) in [5.41, 5.74) is 3.58. The molecule has 1 aromatic heterocycles. The van der Waals surface area contributed by atoms with Crippen LogP contribution >= 0.6 is 0 Å². The third-order valence-electron chi connectivity index (χ3n) is 2.66. The van der Waals surface area contributed by atoms with Gasteiger partial charge >= 0.3 is 0 Å². The zero-order valence-electron chi connectivity index (χ0n) is 9.97. The molecule has 0 saturated carbocycles. The first-order valence-electron chi connectivity index (χ1n) is 5.54. The van der Waals surface area contributed by atoms with Gasteiger partial charge in [-0.3, -0.25) is 4.79 Å². The van der Waals surface area contributed by atoms with Crippen molar-refractivity contribution in [3.05, 3.63) is 58.9 Å². The number of rotatable bonds is 3. The van der Waals surface area contributed by atoms with Gasteiger partial charge in [0.25, 0.3) is 0 Å². The number of aromatic nitrogens is 2. The van der Waals surface area contributed by atoms with Crippen LogP contribution in [0.2, 0.25) is 0 Å². The van der Waals surface area contributed by atoms with Crippen molar-refractivity contribution >= 4 is 5.78 Å². The van der Waals surface area contributed by atoms with E-state index in [1.54, 1.807) is 12.3 Å². The van der Waals surface area contributed by atoms with Gasteiger partial charge in [-0.2, -0.15) is 10.2 Å². The van der Waals surface area contributed by atoms with Gasteiger partial charge in [-0.15, -0.1) is 0 Å². The highest BCUT2D eigenvalue weighted by Gasteiger charge is 2.10. The van der Waals surface area contributed by atoms with Crippen LogP contribution in [-0.2, 0) is 6.42 Å². The standard InChI is InChI=1S/C14H14N2O/c1-10-5-6-11(2)13(8-10)14(17)9-12-4-3-7-15-16-12/h3-8H,9H2,1-2H3. The molecule has 17 heavy (non-hydrogen) atoms. The Balaban J connectivity index is 2.23. The molecule has 0 N–H and O–H groups in total. The molecule has 2 aromatic rings. The maximum Gasteiger partial charge on any atom is 0.169 e. The maximum atomic E-state index is 12.1. The lowest BCUT2D eigenvalue weighted by Crippen LogP contribution is -2.07. The molecule has 0 unspecified atom stereocenters. The fraction of sp³-hybridized carbons (Fsp3) is 0.214. The summed E-state index contributed by atoms with van der Waals surface area (Å²) in [7, 11) is 0. The van der Waals surface area contributed by atoms with E-state index in [-0.39, 0.29) is 5.78 Å². The van der Waals surface area contributed by atoms with E-state index in [1.165, 1.54) is 0 Å². The Bertz CT molecular complexity index is 535. The summed E-state index contributed by atoms with van der Waals surface area (Å²) < 4.78 is 0. The van der Waals surface area contributed by atoms with E-state index in [9.17, 15) is 4.79 Å². The zero-order valence-corrected chi connectivity index (χ0v) is 9.97. The smallest absolute Gasteiger partial charge is 0.169 e. The Morgan fingerprint density at radius 3 is 2.76 bits per heavy atom. The molecule has 0 fully saturated rings. The number of hydrogen-bond acceptors (Lipinski definition) is 3. The Hall–Kier alpha value is -2.03. The number of carbonyl (C=O) groups excluding carboxylic acids is 1.